The third-order valence-corrected chi connectivity index (χ3v) is 8.45. The van der Waals surface area contributed by atoms with E-state index in [1.807, 2.05) is 58.9 Å². The minimum atomic E-state index is -1.17. The Bertz CT molecular complexity index is 1500. The molecule has 0 amide bonds. The summed E-state index contributed by atoms with van der Waals surface area (Å²) in [6, 6.07) is 14.3. The summed E-state index contributed by atoms with van der Waals surface area (Å²) in [4.78, 5) is 24.4. The third kappa shape index (κ3) is 7.07. The number of aliphatic carboxylic acids is 1. The Hall–Kier alpha value is -3.78. The van der Waals surface area contributed by atoms with Crippen molar-refractivity contribution in [2.24, 2.45) is 10.4 Å². The first-order valence-corrected chi connectivity index (χ1v) is 15.0. The zero-order chi connectivity index (χ0) is 30.9. The standard InChI is InChI=1S/C35H42FN3O4/c1-22-29(25-9-13-27(14-10-25)42-20-15-24-7-11-26(36)12-8-24)31(39-18-16-35(6,17-19-39)28-21-37-28)30(23(2)38-22)32(33(40)41)43-34(3,4)5/h7-14,32H,15-21H2,1-6H3,(H,40,41). The van der Waals surface area contributed by atoms with Crippen LogP contribution in [-0.2, 0) is 16.0 Å². The van der Waals surface area contributed by atoms with E-state index in [-0.39, 0.29) is 11.2 Å². The number of ether oxygens (including phenoxy) is 2. The molecule has 1 aromatic heterocycles. The van der Waals surface area contributed by atoms with Crippen molar-refractivity contribution in [3.05, 3.63) is 76.9 Å². The van der Waals surface area contributed by atoms with E-state index in [1.54, 1.807) is 12.1 Å². The van der Waals surface area contributed by atoms with Crippen molar-refractivity contribution >= 4 is 17.4 Å². The average Bonchev–Trinajstić information content (AvgIpc) is 3.80. The highest BCUT2D eigenvalue weighted by atomic mass is 19.1. The number of piperidine rings is 1. The van der Waals surface area contributed by atoms with E-state index in [0.29, 0.717) is 24.3 Å². The monoisotopic (exact) mass is 587 g/mol. The van der Waals surface area contributed by atoms with Crippen LogP contribution in [0.3, 0.4) is 0 Å². The lowest BCUT2D eigenvalue weighted by molar-refractivity contribution is -0.160. The third-order valence-electron chi connectivity index (χ3n) is 8.45. The van der Waals surface area contributed by atoms with Gasteiger partial charge in [-0.15, -0.1) is 0 Å². The number of aliphatic imine (C=N–C) groups is 1. The molecule has 1 N–H and O–H groups in total. The SMILES string of the molecule is Cc1nc(C)c(C(OC(C)(C)C)C(=O)O)c(N2CCC(C)(C3=NC3)CC2)c1-c1ccc(OCCc2ccc(F)cc2)cc1. The normalized spacial score (nSPS) is 16.9. The summed E-state index contributed by atoms with van der Waals surface area (Å²) in [7, 11) is 0. The van der Waals surface area contributed by atoms with E-state index >= 15 is 0 Å². The van der Waals surface area contributed by atoms with E-state index in [9.17, 15) is 14.3 Å². The highest BCUT2D eigenvalue weighted by Crippen LogP contribution is 2.46. The second-order valence-corrected chi connectivity index (χ2v) is 12.9. The summed E-state index contributed by atoms with van der Waals surface area (Å²) in [5, 5.41) is 10.4. The largest absolute Gasteiger partial charge is 0.493 e. The number of rotatable bonds is 10. The Morgan fingerprint density at radius 1 is 1.05 bits per heavy atom. The number of aromatic nitrogens is 1. The Kier molecular flexibility index (Phi) is 8.61. The summed E-state index contributed by atoms with van der Waals surface area (Å²) in [5.74, 6) is -0.557. The Morgan fingerprint density at radius 2 is 1.67 bits per heavy atom. The van der Waals surface area contributed by atoms with Crippen LogP contribution in [0, 0.1) is 25.1 Å². The number of benzene rings is 2. The smallest absolute Gasteiger partial charge is 0.337 e. The van der Waals surface area contributed by atoms with Crippen molar-refractivity contribution in [2.75, 3.05) is 31.1 Å². The summed E-state index contributed by atoms with van der Waals surface area (Å²) >= 11 is 0. The summed E-state index contributed by atoms with van der Waals surface area (Å²) in [6.07, 6.45) is 1.39. The molecule has 228 valence electrons. The zero-order valence-electron chi connectivity index (χ0n) is 26.0. The molecule has 0 aliphatic carbocycles. The Labute approximate surface area is 253 Å². The van der Waals surface area contributed by atoms with Gasteiger partial charge < -0.3 is 19.5 Å². The molecule has 3 aromatic rings. The van der Waals surface area contributed by atoms with Gasteiger partial charge >= 0.3 is 5.97 Å². The first-order chi connectivity index (χ1) is 20.3. The number of aryl methyl sites for hydroxylation is 2. The average molecular weight is 588 g/mol. The van der Waals surface area contributed by atoms with Gasteiger partial charge in [0.1, 0.15) is 11.6 Å². The molecule has 1 atom stereocenters. The van der Waals surface area contributed by atoms with Crippen LogP contribution in [0.15, 0.2) is 53.5 Å². The molecule has 7 nitrogen and oxygen atoms in total. The Balaban J connectivity index is 1.49. The summed E-state index contributed by atoms with van der Waals surface area (Å²) in [5.41, 5.74) is 6.56. The van der Waals surface area contributed by atoms with E-state index < -0.39 is 17.7 Å². The molecular formula is C35H42FN3O4. The van der Waals surface area contributed by atoms with E-state index in [4.69, 9.17) is 14.5 Å². The van der Waals surface area contributed by atoms with Crippen molar-refractivity contribution in [1.82, 2.24) is 4.98 Å². The maximum Gasteiger partial charge on any atom is 0.337 e. The van der Waals surface area contributed by atoms with Gasteiger partial charge in [0.15, 0.2) is 6.10 Å². The number of pyridine rings is 1. The molecular weight excluding hydrogens is 545 g/mol. The van der Waals surface area contributed by atoms with Crippen LogP contribution < -0.4 is 9.64 Å². The second kappa shape index (κ2) is 12.1. The molecule has 0 radical (unpaired) electrons. The van der Waals surface area contributed by atoms with Gasteiger partial charge in [-0.05, 0) is 82.9 Å². The number of carboxylic acid groups (broad SMARTS) is 1. The van der Waals surface area contributed by atoms with Crippen molar-refractivity contribution in [3.8, 4) is 16.9 Å². The number of carboxylic acids is 1. The molecule has 3 heterocycles. The molecule has 8 heteroatoms. The fraction of sp³-hybridized carbons (Fsp3) is 0.457. The van der Waals surface area contributed by atoms with Crippen LogP contribution >= 0.6 is 0 Å². The minimum Gasteiger partial charge on any atom is -0.493 e. The highest BCUT2D eigenvalue weighted by molar-refractivity contribution is 6.01. The minimum absolute atomic E-state index is 0.0922. The lowest BCUT2D eigenvalue weighted by Gasteiger charge is -2.41. The van der Waals surface area contributed by atoms with Gasteiger partial charge in [0.2, 0.25) is 0 Å². The first-order valence-electron chi connectivity index (χ1n) is 15.0. The highest BCUT2D eigenvalue weighted by Gasteiger charge is 2.41. The molecule has 2 aliphatic rings. The van der Waals surface area contributed by atoms with Crippen LogP contribution in [-0.4, -0.2) is 53.6 Å². The molecule has 0 saturated carbocycles. The van der Waals surface area contributed by atoms with Gasteiger partial charge in [-0.2, -0.15) is 0 Å². The fourth-order valence-electron chi connectivity index (χ4n) is 6.01. The topological polar surface area (TPSA) is 84.3 Å². The maximum absolute atomic E-state index is 13.2. The van der Waals surface area contributed by atoms with Crippen molar-refractivity contribution in [2.45, 2.75) is 72.5 Å². The first kappa shape index (κ1) is 30.7. The van der Waals surface area contributed by atoms with Crippen LogP contribution in [0.4, 0.5) is 10.1 Å². The van der Waals surface area contributed by atoms with Gasteiger partial charge in [-0.3, -0.25) is 9.98 Å². The quantitative estimate of drug-likeness (QED) is 0.272. The summed E-state index contributed by atoms with van der Waals surface area (Å²) < 4.78 is 25.4. The molecule has 2 aliphatic heterocycles. The zero-order valence-corrected chi connectivity index (χ0v) is 26.0. The molecule has 0 bridgehead atoms. The molecule has 1 unspecified atom stereocenters. The van der Waals surface area contributed by atoms with Gasteiger partial charge in [0, 0.05) is 53.2 Å². The van der Waals surface area contributed by atoms with Crippen LogP contribution in [0.25, 0.3) is 11.1 Å². The van der Waals surface area contributed by atoms with Crippen molar-refractivity contribution in [1.29, 1.82) is 0 Å². The number of hydrogen-bond acceptors (Lipinski definition) is 6. The van der Waals surface area contributed by atoms with Crippen LogP contribution in [0.5, 0.6) is 5.75 Å². The van der Waals surface area contributed by atoms with E-state index in [2.05, 4.69) is 16.8 Å². The number of anilines is 1. The number of nitrogens with zero attached hydrogens (tertiary/aromatic N) is 3. The van der Waals surface area contributed by atoms with Crippen molar-refractivity contribution < 1.29 is 23.8 Å². The maximum atomic E-state index is 13.2. The summed E-state index contributed by atoms with van der Waals surface area (Å²) in [6.45, 7) is 14.7. The second-order valence-electron chi connectivity index (χ2n) is 12.9. The lowest BCUT2D eigenvalue weighted by Crippen LogP contribution is -2.42. The van der Waals surface area contributed by atoms with Gasteiger partial charge in [0.25, 0.3) is 0 Å². The van der Waals surface area contributed by atoms with Crippen LogP contribution in [0.2, 0.25) is 0 Å². The lowest BCUT2D eigenvalue weighted by atomic mass is 9.77. The van der Waals surface area contributed by atoms with Crippen LogP contribution in [0.1, 0.15) is 69.2 Å². The molecule has 43 heavy (non-hydrogen) atoms. The molecule has 1 saturated heterocycles. The number of hydrogen-bond donors (Lipinski definition) is 1. The molecule has 0 spiro atoms. The van der Waals surface area contributed by atoms with Gasteiger partial charge in [-0.1, -0.05) is 31.2 Å². The van der Waals surface area contributed by atoms with Gasteiger partial charge in [0.05, 0.1) is 24.4 Å². The van der Waals surface area contributed by atoms with E-state index in [1.165, 1.54) is 17.8 Å². The van der Waals surface area contributed by atoms with Gasteiger partial charge in [-0.25, -0.2) is 9.18 Å². The number of halogens is 1. The number of carbonyl (C=O) groups is 1. The molecule has 5 rings (SSSR count). The molecule has 1 fully saturated rings. The Morgan fingerprint density at radius 3 is 2.23 bits per heavy atom. The predicted molar refractivity (Wildman–Crippen MR) is 168 cm³/mol. The molecule has 2 aromatic carbocycles. The van der Waals surface area contributed by atoms with Crippen molar-refractivity contribution in [3.63, 3.8) is 0 Å². The van der Waals surface area contributed by atoms with E-state index in [0.717, 1.165) is 66.3 Å². The fourth-order valence-corrected chi connectivity index (χ4v) is 6.01. The predicted octanol–water partition coefficient (Wildman–Crippen LogP) is 7.13.